The second-order valence-electron chi connectivity index (χ2n) is 4.49. The number of cyclic esters (lactones) is 2. The molecule has 0 bridgehead atoms. The van der Waals surface area contributed by atoms with Gasteiger partial charge in [-0.3, -0.25) is 9.59 Å². The Labute approximate surface area is 117 Å². The molecular weight excluding hydrogens is 266 g/mol. The maximum Gasteiger partial charge on any atom is 0.333 e. The van der Waals surface area contributed by atoms with Crippen molar-refractivity contribution in [1.82, 2.24) is 4.90 Å². The summed E-state index contributed by atoms with van der Waals surface area (Å²) in [5, 5.41) is 0. The SMILES string of the molecule is CCCCC(C(=O)OCC)C(=O)N1CC(=O)OC(=O)C1. The summed E-state index contributed by atoms with van der Waals surface area (Å²) in [5.74, 6) is -3.70. The van der Waals surface area contributed by atoms with Crippen molar-refractivity contribution in [2.75, 3.05) is 19.7 Å². The zero-order valence-corrected chi connectivity index (χ0v) is 11.7. The highest BCUT2D eigenvalue weighted by molar-refractivity contribution is 6.02. The fraction of sp³-hybridized carbons (Fsp3) is 0.692. The number of hydrogen-bond donors (Lipinski definition) is 0. The van der Waals surface area contributed by atoms with Gasteiger partial charge in [0.05, 0.1) is 6.61 Å². The van der Waals surface area contributed by atoms with Crippen LogP contribution in [0.2, 0.25) is 0 Å². The van der Waals surface area contributed by atoms with Gasteiger partial charge in [0, 0.05) is 0 Å². The number of amides is 1. The van der Waals surface area contributed by atoms with Crippen molar-refractivity contribution in [3.63, 3.8) is 0 Å². The molecular formula is C13H19NO6. The molecule has 0 aromatic carbocycles. The molecule has 0 aliphatic carbocycles. The van der Waals surface area contributed by atoms with Crippen LogP contribution in [0.25, 0.3) is 0 Å². The van der Waals surface area contributed by atoms with Crippen molar-refractivity contribution in [3.05, 3.63) is 0 Å². The molecule has 1 rings (SSSR count). The third kappa shape index (κ3) is 4.32. The van der Waals surface area contributed by atoms with Gasteiger partial charge in [-0.25, -0.2) is 9.59 Å². The van der Waals surface area contributed by atoms with Gasteiger partial charge in [-0.2, -0.15) is 0 Å². The monoisotopic (exact) mass is 285 g/mol. The average molecular weight is 285 g/mol. The predicted octanol–water partition coefficient (Wildman–Crippen LogP) is 0.268. The van der Waals surface area contributed by atoms with Crippen LogP contribution < -0.4 is 0 Å². The highest BCUT2D eigenvalue weighted by atomic mass is 16.6. The standard InChI is InChI=1S/C13H19NO6/c1-3-5-6-9(13(18)19-4-2)12(17)14-7-10(15)20-11(16)8-14/h9H,3-8H2,1-2H3. The number of morpholine rings is 1. The van der Waals surface area contributed by atoms with Gasteiger partial charge >= 0.3 is 17.9 Å². The van der Waals surface area contributed by atoms with E-state index in [1.54, 1.807) is 6.92 Å². The summed E-state index contributed by atoms with van der Waals surface area (Å²) in [7, 11) is 0. The Hall–Kier alpha value is -1.92. The third-order valence-corrected chi connectivity index (χ3v) is 2.89. The molecule has 7 heteroatoms. The summed E-state index contributed by atoms with van der Waals surface area (Å²) in [5.41, 5.74) is 0. The zero-order chi connectivity index (χ0) is 15.1. The van der Waals surface area contributed by atoms with E-state index in [9.17, 15) is 19.2 Å². The molecule has 20 heavy (non-hydrogen) atoms. The van der Waals surface area contributed by atoms with E-state index in [2.05, 4.69) is 4.74 Å². The largest absolute Gasteiger partial charge is 0.465 e. The normalized spacial score (nSPS) is 16.6. The number of ether oxygens (including phenoxy) is 2. The Morgan fingerprint density at radius 2 is 1.85 bits per heavy atom. The van der Waals surface area contributed by atoms with Gasteiger partial charge in [0.1, 0.15) is 19.0 Å². The minimum Gasteiger partial charge on any atom is -0.465 e. The molecule has 112 valence electrons. The number of unbranched alkanes of at least 4 members (excludes halogenated alkanes) is 1. The molecule has 1 fully saturated rings. The predicted molar refractivity (Wildman–Crippen MR) is 67.3 cm³/mol. The maximum atomic E-state index is 12.3. The lowest BCUT2D eigenvalue weighted by Crippen LogP contribution is -2.49. The van der Waals surface area contributed by atoms with Crippen molar-refractivity contribution >= 4 is 23.8 Å². The second kappa shape index (κ2) is 7.62. The summed E-state index contributed by atoms with van der Waals surface area (Å²) in [6, 6.07) is 0. The Kier molecular flexibility index (Phi) is 6.14. The fourth-order valence-corrected chi connectivity index (χ4v) is 1.93. The minimum absolute atomic E-state index is 0.176. The Bertz CT molecular complexity index is 390. The Morgan fingerprint density at radius 1 is 1.25 bits per heavy atom. The Balaban J connectivity index is 2.77. The lowest BCUT2D eigenvalue weighted by atomic mass is 10.0. The average Bonchev–Trinajstić information content (AvgIpc) is 2.38. The summed E-state index contributed by atoms with van der Waals surface area (Å²) in [6.45, 7) is 3.14. The number of carbonyl (C=O) groups is 4. The van der Waals surface area contributed by atoms with Crippen LogP contribution in [0.5, 0.6) is 0 Å². The summed E-state index contributed by atoms with van der Waals surface area (Å²) in [6.07, 6.45) is 1.85. The van der Waals surface area contributed by atoms with E-state index in [-0.39, 0.29) is 19.7 Å². The van der Waals surface area contributed by atoms with Crippen molar-refractivity contribution in [1.29, 1.82) is 0 Å². The van der Waals surface area contributed by atoms with Crippen LogP contribution in [0.4, 0.5) is 0 Å². The molecule has 0 spiro atoms. The molecule has 1 unspecified atom stereocenters. The van der Waals surface area contributed by atoms with Crippen LogP contribution >= 0.6 is 0 Å². The van der Waals surface area contributed by atoms with Crippen LogP contribution in [0.1, 0.15) is 33.1 Å². The van der Waals surface area contributed by atoms with Gasteiger partial charge in [-0.15, -0.1) is 0 Å². The van der Waals surface area contributed by atoms with Crippen molar-refractivity contribution < 1.29 is 28.7 Å². The van der Waals surface area contributed by atoms with Crippen LogP contribution in [-0.4, -0.2) is 48.4 Å². The molecule has 7 nitrogen and oxygen atoms in total. The van der Waals surface area contributed by atoms with E-state index in [0.717, 1.165) is 11.3 Å². The van der Waals surface area contributed by atoms with E-state index >= 15 is 0 Å². The van der Waals surface area contributed by atoms with Crippen LogP contribution in [0, 0.1) is 5.92 Å². The highest BCUT2D eigenvalue weighted by Crippen LogP contribution is 2.16. The molecule has 0 aromatic heterocycles. The van der Waals surface area contributed by atoms with E-state index in [1.165, 1.54) is 0 Å². The molecule has 1 aliphatic rings. The summed E-state index contributed by atoms with van der Waals surface area (Å²) in [4.78, 5) is 47.5. The maximum absolute atomic E-state index is 12.3. The van der Waals surface area contributed by atoms with Gasteiger partial charge in [0.15, 0.2) is 0 Å². The van der Waals surface area contributed by atoms with E-state index in [4.69, 9.17) is 4.74 Å². The quantitative estimate of drug-likeness (QED) is 0.514. The number of hydrogen-bond acceptors (Lipinski definition) is 6. The van der Waals surface area contributed by atoms with Gasteiger partial charge in [-0.05, 0) is 13.3 Å². The van der Waals surface area contributed by atoms with Crippen molar-refractivity contribution in [2.45, 2.75) is 33.1 Å². The number of nitrogens with zero attached hydrogens (tertiary/aromatic N) is 1. The molecule has 1 heterocycles. The summed E-state index contributed by atoms with van der Waals surface area (Å²) >= 11 is 0. The Morgan fingerprint density at radius 3 is 2.35 bits per heavy atom. The molecule has 0 aromatic rings. The lowest BCUT2D eigenvalue weighted by molar-refractivity contribution is -0.173. The third-order valence-electron chi connectivity index (χ3n) is 2.89. The molecule has 1 atom stereocenters. The number of esters is 3. The van der Waals surface area contributed by atoms with E-state index in [0.29, 0.717) is 12.8 Å². The molecule has 1 saturated heterocycles. The van der Waals surface area contributed by atoms with Gasteiger partial charge in [-0.1, -0.05) is 19.8 Å². The van der Waals surface area contributed by atoms with Crippen molar-refractivity contribution in [2.24, 2.45) is 5.92 Å². The first-order valence-corrected chi connectivity index (χ1v) is 6.68. The first-order chi connectivity index (χ1) is 9.49. The van der Waals surface area contributed by atoms with Crippen LogP contribution in [0.15, 0.2) is 0 Å². The van der Waals surface area contributed by atoms with E-state index in [1.807, 2.05) is 6.92 Å². The molecule has 0 radical (unpaired) electrons. The number of rotatable bonds is 6. The van der Waals surface area contributed by atoms with Crippen LogP contribution in [0.3, 0.4) is 0 Å². The zero-order valence-electron chi connectivity index (χ0n) is 11.7. The van der Waals surface area contributed by atoms with Gasteiger partial charge in [0.2, 0.25) is 5.91 Å². The van der Waals surface area contributed by atoms with Gasteiger partial charge in [0.25, 0.3) is 0 Å². The molecule has 1 amide bonds. The summed E-state index contributed by atoms with van der Waals surface area (Å²) < 4.78 is 9.23. The highest BCUT2D eigenvalue weighted by Gasteiger charge is 2.36. The van der Waals surface area contributed by atoms with E-state index < -0.39 is 29.7 Å². The van der Waals surface area contributed by atoms with Crippen LogP contribution in [-0.2, 0) is 28.7 Å². The first kappa shape index (κ1) is 16.1. The molecule has 1 aliphatic heterocycles. The first-order valence-electron chi connectivity index (χ1n) is 6.68. The second-order valence-corrected chi connectivity index (χ2v) is 4.49. The molecule has 0 N–H and O–H groups in total. The van der Waals surface area contributed by atoms with Gasteiger partial charge < -0.3 is 14.4 Å². The fourth-order valence-electron chi connectivity index (χ4n) is 1.93. The topological polar surface area (TPSA) is 90.0 Å². The smallest absolute Gasteiger partial charge is 0.333 e. The number of carbonyl (C=O) groups excluding carboxylic acids is 4. The molecule has 0 saturated carbocycles. The van der Waals surface area contributed by atoms with Crippen molar-refractivity contribution in [3.8, 4) is 0 Å². The minimum atomic E-state index is -0.964. The lowest BCUT2D eigenvalue weighted by Gasteiger charge is -2.27.